The van der Waals surface area contributed by atoms with Crippen LogP contribution in [0.15, 0.2) is 12.3 Å². The molecular formula is C11H14Cl2N2O. The lowest BCUT2D eigenvalue weighted by atomic mass is 10.2. The molecule has 2 heterocycles. The highest BCUT2D eigenvalue weighted by molar-refractivity contribution is 6.32. The lowest BCUT2D eigenvalue weighted by Gasteiger charge is -2.32. The van der Waals surface area contributed by atoms with Crippen molar-refractivity contribution in [2.24, 2.45) is 0 Å². The second-order valence-corrected chi connectivity index (χ2v) is 4.57. The Morgan fingerprint density at radius 2 is 2.44 bits per heavy atom. The molecule has 0 aliphatic carbocycles. The van der Waals surface area contributed by atoms with Gasteiger partial charge in [-0.25, -0.2) is 4.98 Å². The number of morpholine rings is 1. The predicted octanol–water partition coefficient (Wildman–Crippen LogP) is 2.70. The topological polar surface area (TPSA) is 25.4 Å². The molecule has 0 saturated carbocycles. The number of alkyl halides is 1. The van der Waals surface area contributed by atoms with Crippen LogP contribution in [0.4, 0.5) is 5.82 Å². The number of nitrogens with zero attached hydrogens (tertiary/aromatic N) is 2. The van der Waals surface area contributed by atoms with Crippen LogP contribution in [0.25, 0.3) is 0 Å². The molecule has 1 fully saturated rings. The maximum absolute atomic E-state index is 5.97. The Hall–Kier alpha value is -0.510. The van der Waals surface area contributed by atoms with E-state index < -0.39 is 0 Å². The summed E-state index contributed by atoms with van der Waals surface area (Å²) in [6.45, 7) is 4.52. The molecule has 0 radical (unpaired) electrons. The molecule has 16 heavy (non-hydrogen) atoms. The van der Waals surface area contributed by atoms with Crippen molar-refractivity contribution in [2.45, 2.75) is 18.9 Å². The minimum Gasteiger partial charge on any atom is -0.375 e. The van der Waals surface area contributed by atoms with E-state index in [1.807, 2.05) is 6.07 Å². The third-order valence-corrected chi connectivity index (χ3v) is 3.26. The molecule has 0 amide bonds. The molecule has 1 aromatic heterocycles. The summed E-state index contributed by atoms with van der Waals surface area (Å²) < 4.78 is 5.49. The fraction of sp³-hybridized carbons (Fsp3) is 0.545. The zero-order valence-electron chi connectivity index (χ0n) is 9.12. The number of pyridine rings is 1. The summed E-state index contributed by atoms with van der Waals surface area (Å²) in [4.78, 5) is 6.52. The average molecular weight is 261 g/mol. The zero-order chi connectivity index (χ0) is 11.5. The van der Waals surface area contributed by atoms with Crippen molar-refractivity contribution < 1.29 is 4.74 Å². The van der Waals surface area contributed by atoms with Crippen LogP contribution in [0.2, 0.25) is 5.02 Å². The van der Waals surface area contributed by atoms with Gasteiger partial charge < -0.3 is 9.64 Å². The third-order valence-electron chi connectivity index (χ3n) is 2.63. The third kappa shape index (κ3) is 2.59. The van der Waals surface area contributed by atoms with E-state index in [2.05, 4.69) is 16.8 Å². The number of halogens is 2. The summed E-state index contributed by atoms with van der Waals surface area (Å²) in [6, 6.07) is 1.95. The number of ether oxygens (including phenoxy) is 1. The number of rotatable bonds is 2. The average Bonchev–Trinajstić information content (AvgIpc) is 2.29. The van der Waals surface area contributed by atoms with Crippen molar-refractivity contribution in [3.05, 3.63) is 22.8 Å². The number of hydrogen-bond acceptors (Lipinski definition) is 3. The van der Waals surface area contributed by atoms with Crippen molar-refractivity contribution in [1.82, 2.24) is 4.98 Å². The van der Waals surface area contributed by atoms with Crippen LogP contribution in [0, 0.1) is 0 Å². The van der Waals surface area contributed by atoms with Crippen LogP contribution in [0.5, 0.6) is 0 Å². The van der Waals surface area contributed by atoms with Crippen LogP contribution in [0.3, 0.4) is 0 Å². The normalized spacial score (nSPS) is 21.2. The summed E-state index contributed by atoms with van der Waals surface area (Å²) in [6.07, 6.45) is 1.90. The fourth-order valence-corrected chi connectivity index (χ4v) is 2.23. The lowest BCUT2D eigenvalue weighted by molar-refractivity contribution is 0.0529. The summed E-state index contributed by atoms with van der Waals surface area (Å²) in [7, 11) is 0. The number of anilines is 1. The van der Waals surface area contributed by atoms with E-state index in [0.717, 1.165) is 31.1 Å². The molecule has 3 nitrogen and oxygen atoms in total. The van der Waals surface area contributed by atoms with Crippen molar-refractivity contribution in [3.63, 3.8) is 0 Å². The first-order valence-electron chi connectivity index (χ1n) is 5.27. The summed E-state index contributed by atoms with van der Waals surface area (Å²) in [5, 5.41) is 0.625. The first-order chi connectivity index (χ1) is 7.70. The van der Waals surface area contributed by atoms with E-state index in [1.54, 1.807) is 6.20 Å². The van der Waals surface area contributed by atoms with Gasteiger partial charge in [0.25, 0.3) is 0 Å². The molecular weight excluding hydrogens is 247 g/mol. The largest absolute Gasteiger partial charge is 0.375 e. The standard InChI is InChI=1S/C11H14Cl2N2O/c1-8-7-15(2-3-16-8)11-4-9(5-12)10(13)6-14-11/h4,6,8H,2-3,5,7H2,1H3. The van der Waals surface area contributed by atoms with Gasteiger partial charge in [-0.3, -0.25) is 0 Å². The molecule has 0 bridgehead atoms. The van der Waals surface area contributed by atoms with Gasteiger partial charge in [0, 0.05) is 25.2 Å². The highest BCUT2D eigenvalue weighted by atomic mass is 35.5. The molecule has 1 aromatic rings. The minimum atomic E-state index is 0.241. The smallest absolute Gasteiger partial charge is 0.129 e. The second kappa shape index (κ2) is 5.21. The Morgan fingerprint density at radius 1 is 1.62 bits per heavy atom. The monoisotopic (exact) mass is 260 g/mol. The Bertz CT molecular complexity index is 373. The van der Waals surface area contributed by atoms with Gasteiger partial charge in [0.05, 0.1) is 17.7 Å². The summed E-state index contributed by atoms with van der Waals surface area (Å²) >= 11 is 11.8. The van der Waals surface area contributed by atoms with Crippen molar-refractivity contribution in [2.75, 3.05) is 24.6 Å². The van der Waals surface area contributed by atoms with Crippen molar-refractivity contribution in [3.8, 4) is 0 Å². The molecule has 0 aromatic carbocycles. The van der Waals surface area contributed by atoms with E-state index in [4.69, 9.17) is 27.9 Å². The Balaban J connectivity index is 2.19. The minimum absolute atomic E-state index is 0.241. The van der Waals surface area contributed by atoms with Crippen LogP contribution in [0.1, 0.15) is 12.5 Å². The molecule has 0 N–H and O–H groups in total. The molecule has 5 heteroatoms. The van der Waals surface area contributed by atoms with Crippen LogP contribution < -0.4 is 4.90 Å². The molecule has 1 saturated heterocycles. The summed E-state index contributed by atoms with van der Waals surface area (Å²) in [5.41, 5.74) is 0.924. The molecule has 1 atom stereocenters. The van der Waals surface area contributed by atoms with Gasteiger partial charge in [0.2, 0.25) is 0 Å². The predicted molar refractivity (Wildman–Crippen MR) is 66.4 cm³/mol. The van der Waals surface area contributed by atoms with E-state index in [-0.39, 0.29) is 6.10 Å². The molecule has 1 aliphatic heterocycles. The maximum Gasteiger partial charge on any atom is 0.129 e. The fourth-order valence-electron chi connectivity index (χ4n) is 1.77. The van der Waals surface area contributed by atoms with Gasteiger partial charge in [0.15, 0.2) is 0 Å². The SMILES string of the molecule is CC1CN(c2cc(CCl)c(Cl)cn2)CCO1. The van der Waals surface area contributed by atoms with E-state index in [1.165, 1.54) is 0 Å². The van der Waals surface area contributed by atoms with Gasteiger partial charge in [-0.2, -0.15) is 0 Å². The molecule has 1 unspecified atom stereocenters. The van der Waals surface area contributed by atoms with Gasteiger partial charge in [-0.05, 0) is 18.6 Å². The van der Waals surface area contributed by atoms with Crippen LogP contribution in [-0.4, -0.2) is 30.8 Å². The van der Waals surface area contributed by atoms with Gasteiger partial charge >= 0.3 is 0 Å². The van der Waals surface area contributed by atoms with Crippen molar-refractivity contribution in [1.29, 1.82) is 0 Å². The van der Waals surface area contributed by atoms with Crippen LogP contribution >= 0.6 is 23.2 Å². The Labute approximate surface area is 105 Å². The van der Waals surface area contributed by atoms with E-state index in [0.29, 0.717) is 10.9 Å². The van der Waals surface area contributed by atoms with Crippen LogP contribution in [-0.2, 0) is 10.6 Å². The van der Waals surface area contributed by atoms with Gasteiger partial charge in [-0.15, -0.1) is 11.6 Å². The molecule has 88 valence electrons. The molecule has 1 aliphatic rings. The number of aromatic nitrogens is 1. The highest BCUT2D eigenvalue weighted by Gasteiger charge is 2.18. The quantitative estimate of drug-likeness (QED) is 0.765. The lowest BCUT2D eigenvalue weighted by Crippen LogP contribution is -2.41. The van der Waals surface area contributed by atoms with Gasteiger partial charge in [0.1, 0.15) is 5.82 Å². The zero-order valence-corrected chi connectivity index (χ0v) is 10.6. The van der Waals surface area contributed by atoms with E-state index >= 15 is 0 Å². The first-order valence-corrected chi connectivity index (χ1v) is 6.19. The van der Waals surface area contributed by atoms with Crippen molar-refractivity contribution >= 4 is 29.0 Å². The van der Waals surface area contributed by atoms with E-state index in [9.17, 15) is 0 Å². The van der Waals surface area contributed by atoms with Gasteiger partial charge in [-0.1, -0.05) is 11.6 Å². The highest BCUT2D eigenvalue weighted by Crippen LogP contribution is 2.23. The summed E-state index contributed by atoms with van der Waals surface area (Å²) in [5.74, 6) is 1.34. The number of hydrogen-bond donors (Lipinski definition) is 0. The maximum atomic E-state index is 5.97. The Morgan fingerprint density at radius 3 is 3.12 bits per heavy atom. The second-order valence-electron chi connectivity index (χ2n) is 3.89. The molecule has 0 spiro atoms. The first kappa shape index (κ1) is 12.0. The Kier molecular flexibility index (Phi) is 3.90. The molecule has 2 rings (SSSR count).